The molecule has 26 heavy (non-hydrogen) atoms. The Kier molecular flexibility index (Phi) is 5.69. The highest BCUT2D eigenvalue weighted by Gasteiger charge is 2.24. The lowest BCUT2D eigenvalue weighted by atomic mass is 10.0. The molecule has 0 spiro atoms. The molecule has 3 rings (SSSR count). The van der Waals surface area contributed by atoms with Crippen LogP contribution in [0.2, 0.25) is 0 Å². The molecule has 1 fully saturated rings. The number of benzene rings is 1. The average molecular weight is 351 g/mol. The van der Waals surface area contributed by atoms with Crippen LogP contribution in [0, 0.1) is 11.3 Å². The standard InChI is InChI=1S/C20H21N3O3/c21-13-16-3-1-15(2-4-16)5-6-19(24)22-18-7-10-23(11-8-18)20(25)17-9-12-26-14-17/h1-4,9,12,14,18H,5-8,10-11H2,(H,22,24). The quantitative estimate of drug-likeness (QED) is 0.897. The molecule has 1 aliphatic heterocycles. The topological polar surface area (TPSA) is 86.3 Å². The van der Waals surface area contributed by atoms with Gasteiger partial charge in [0.25, 0.3) is 5.91 Å². The molecule has 0 unspecified atom stereocenters. The fraction of sp³-hybridized carbons (Fsp3) is 0.350. The van der Waals surface area contributed by atoms with Gasteiger partial charge < -0.3 is 14.6 Å². The van der Waals surface area contributed by atoms with Gasteiger partial charge in [0.05, 0.1) is 23.5 Å². The van der Waals surface area contributed by atoms with E-state index in [9.17, 15) is 9.59 Å². The van der Waals surface area contributed by atoms with E-state index in [1.165, 1.54) is 12.5 Å². The van der Waals surface area contributed by atoms with Crippen LogP contribution in [-0.4, -0.2) is 35.8 Å². The second-order valence-electron chi connectivity index (χ2n) is 6.45. The lowest BCUT2D eigenvalue weighted by molar-refractivity contribution is -0.122. The Hall–Kier alpha value is -3.07. The first-order valence-electron chi connectivity index (χ1n) is 8.75. The highest BCUT2D eigenvalue weighted by molar-refractivity contribution is 5.93. The first-order chi connectivity index (χ1) is 12.7. The first-order valence-corrected chi connectivity index (χ1v) is 8.75. The maximum atomic E-state index is 12.3. The fourth-order valence-electron chi connectivity index (χ4n) is 3.10. The van der Waals surface area contributed by atoms with E-state index < -0.39 is 0 Å². The van der Waals surface area contributed by atoms with Crippen LogP contribution < -0.4 is 5.32 Å². The number of hydrogen-bond acceptors (Lipinski definition) is 4. The number of amides is 2. The number of carbonyl (C=O) groups excluding carboxylic acids is 2. The van der Waals surface area contributed by atoms with E-state index in [0.717, 1.165) is 18.4 Å². The van der Waals surface area contributed by atoms with Gasteiger partial charge in [-0.3, -0.25) is 9.59 Å². The molecule has 134 valence electrons. The van der Waals surface area contributed by atoms with Crippen LogP contribution in [0.25, 0.3) is 0 Å². The van der Waals surface area contributed by atoms with Gasteiger partial charge in [0.15, 0.2) is 0 Å². The summed E-state index contributed by atoms with van der Waals surface area (Å²) in [7, 11) is 0. The normalized spacial score (nSPS) is 14.7. The zero-order chi connectivity index (χ0) is 18.4. The molecule has 6 heteroatoms. The molecule has 2 aromatic rings. The minimum atomic E-state index is -0.0238. The van der Waals surface area contributed by atoms with Gasteiger partial charge in [-0.1, -0.05) is 12.1 Å². The molecule has 2 heterocycles. The summed E-state index contributed by atoms with van der Waals surface area (Å²) in [5, 5.41) is 11.9. The SMILES string of the molecule is N#Cc1ccc(CCC(=O)NC2CCN(C(=O)c3ccoc3)CC2)cc1. The van der Waals surface area contributed by atoms with E-state index in [-0.39, 0.29) is 17.9 Å². The van der Waals surface area contributed by atoms with Crippen LogP contribution in [0.5, 0.6) is 0 Å². The predicted octanol–water partition coefficient (Wildman–Crippen LogP) is 2.50. The zero-order valence-electron chi connectivity index (χ0n) is 14.5. The summed E-state index contributed by atoms with van der Waals surface area (Å²) in [4.78, 5) is 26.2. The van der Waals surface area contributed by atoms with Crippen LogP contribution in [0.15, 0.2) is 47.3 Å². The lowest BCUT2D eigenvalue weighted by Crippen LogP contribution is -2.46. The third kappa shape index (κ3) is 4.51. The maximum Gasteiger partial charge on any atom is 0.257 e. The summed E-state index contributed by atoms with van der Waals surface area (Å²) >= 11 is 0. The number of hydrogen-bond donors (Lipinski definition) is 1. The van der Waals surface area contributed by atoms with Crippen molar-refractivity contribution in [3.05, 3.63) is 59.5 Å². The number of furan rings is 1. The van der Waals surface area contributed by atoms with E-state index >= 15 is 0 Å². The maximum absolute atomic E-state index is 12.3. The lowest BCUT2D eigenvalue weighted by Gasteiger charge is -2.32. The summed E-state index contributed by atoms with van der Waals surface area (Å²) in [6, 6.07) is 11.1. The van der Waals surface area contributed by atoms with Gasteiger partial charge in [0, 0.05) is 25.6 Å². The molecule has 0 bridgehead atoms. The Morgan fingerprint density at radius 2 is 1.92 bits per heavy atom. The Labute approximate surface area is 152 Å². The van der Waals surface area contributed by atoms with Gasteiger partial charge in [0.2, 0.25) is 5.91 Å². The van der Waals surface area contributed by atoms with Crippen molar-refractivity contribution in [2.24, 2.45) is 0 Å². The smallest absolute Gasteiger partial charge is 0.257 e. The molecular weight excluding hydrogens is 330 g/mol. The summed E-state index contributed by atoms with van der Waals surface area (Å²) in [6.45, 7) is 1.26. The van der Waals surface area contributed by atoms with Gasteiger partial charge in [-0.25, -0.2) is 0 Å². The Morgan fingerprint density at radius 1 is 1.19 bits per heavy atom. The molecule has 1 aromatic heterocycles. The number of piperidine rings is 1. The first kappa shape index (κ1) is 17.7. The highest BCUT2D eigenvalue weighted by atomic mass is 16.3. The summed E-state index contributed by atoms with van der Waals surface area (Å²) in [6.07, 6.45) is 5.53. The molecule has 2 amide bonds. The minimum Gasteiger partial charge on any atom is -0.472 e. The number of carbonyl (C=O) groups is 2. The number of likely N-dealkylation sites (tertiary alicyclic amines) is 1. The summed E-state index contributed by atoms with van der Waals surface area (Å²) < 4.78 is 4.96. The predicted molar refractivity (Wildman–Crippen MR) is 95.3 cm³/mol. The van der Waals surface area contributed by atoms with Crippen molar-refractivity contribution in [1.29, 1.82) is 5.26 Å². The van der Waals surface area contributed by atoms with Gasteiger partial charge in [-0.2, -0.15) is 5.26 Å². The van der Waals surface area contributed by atoms with Crippen LogP contribution in [0.1, 0.15) is 40.7 Å². The van der Waals surface area contributed by atoms with Crippen LogP contribution in [-0.2, 0) is 11.2 Å². The van der Waals surface area contributed by atoms with Gasteiger partial charge >= 0.3 is 0 Å². The average Bonchev–Trinajstić information content (AvgIpc) is 3.21. The molecule has 1 aliphatic rings. The van der Waals surface area contributed by atoms with Crippen molar-refractivity contribution in [1.82, 2.24) is 10.2 Å². The molecular formula is C20H21N3O3. The van der Waals surface area contributed by atoms with Crippen LogP contribution in [0.4, 0.5) is 0 Å². The van der Waals surface area contributed by atoms with Crippen molar-refractivity contribution >= 4 is 11.8 Å². The molecule has 0 aliphatic carbocycles. The van der Waals surface area contributed by atoms with Crippen molar-refractivity contribution < 1.29 is 14.0 Å². The van der Waals surface area contributed by atoms with E-state index in [4.69, 9.17) is 9.68 Å². The molecule has 0 saturated carbocycles. The molecule has 1 N–H and O–H groups in total. The van der Waals surface area contributed by atoms with E-state index in [1.54, 1.807) is 23.1 Å². The Morgan fingerprint density at radius 3 is 2.54 bits per heavy atom. The van der Waals surface area contributed by atoms with E-state index in [0.29, 0.717) is 37.1 Å². The van der Waals surface area contributed by atoms with E-state index in [1.807, 2.05) is 12.1 Å². The number of nitriles is 1. The van der Waals surface area contributed by atoms with Crippen molar-refractivity contribution in [3.63, 3.8) is 0 Å². The Bertz CT molecular complexity index is 783. The molecule has 1 aromatic carbocycles. The largest absolute Gasteiger partial charge is 0.472 e. The summed E-state index contributed by atoms with van der Waals surface area (Å²) in [5.41, 5.74) is 2.23. The van der Waals surface area contributed by atoms with Crippen molar-refractivity contribution in [2.75, 3.05) is 13.1 Å². The fourth-order valence-corrected chi connectivity index (χ4v) is 3.10. The molecule has 0 radical (unpaired) electrons. The minimum absolute atomic E-state index is 0.0222. The second-order valence-corrected chi connectivity index (χ2v) is 6.45. The monoisotopic (exact) mass is 351 g/mol. The number of aryl methyl sites for hydroxylation is 1. The van der Waals surface area contributed by atoms with Crippen molar-refractivity contribution in [3.8, 4) is 6.07 Å². The van der Waals surface area contributed by atoms with Gasteiger partial charge in [-0.15, -0.1) is 0 Å². The number of nitrogens with zero attached hydrogens (tertiary/aromatic N) is 2. The Balaban J connectivity index is 1.40. The van der Waals surface area contributed by atoms with E-state index in [2.05, 4.69) is 11.4 Å². The number of rotatable bonds is 5. The molecule has 0 atom stereocenters. The molecule has 6 nitrogen and oxygen atoms in total. The third-order valence-electron chi connectivity index (χ3n) is 4.64. The van der Waals surface area contributed by atoms with Gasteiger partial charge in [0.1, 0.15) is 6.26 Å². The van der Waals surface area contributed by atoms with Crippen LogP contribution >= 0.6 is 0 Å². The summed E-state index contributed by atoms with van der Waals surface area (Å²) in [5.74, 6) is -0.00156. The molecule has 1 saturated heterocycles. The highest BCUT2D eigenvalue weighted by Crippen LogP contribution is 2.15. The second kappa shape index (κ2) is 8.34. The van der Waals surface area contributed by atoms with Crippen LogP contribution in [0.3, 0.4) is 0 Å². The zero-order valence-corrected chi connectivity index (χ0v) is 14.5. The number of nitrogens with one attached hydrogen (secondary N) is 1. The van der Waals surface area contributed by atoms with Crippen molar-refractivity contribution in [2.45, 2.75) is 31.7 Å². The van der Waals surface area contributed by atoms with Gasteiger partial charge in [-0.05, 0) is 43.0 Å². The third-order valence-corrected chi connectivity index (χ3v) is 4.64.